The normalized spacial score (nSPS) is 10.3. The Kier molecular flexibility index (Phi) is 7.73. The van der Waals surface area contributed by atoms with Crippen LogP contribution in [0.15, 0.2) is 24.3 Å². The van der Waals surface area contributed by atoms with E-state index in [-0.39, 0.29) is 5.91 Å². The predicted octanol–water partition coefficient (Wildman–Crippen LogP) is 2.22. The van der Waals surface area contributed by atoms with Crippen LogP contribution in [0.3, 0.4) is 0 Å². The largest absolute Gasteiger partial charge is 0.497 e. The van der Waals surface area contributed by atoms with Gasteiger partial charge in [-0.15, -0.1) is 0 Å². The minimum atomic E-state index is 0.219. The monoisotopic (exact) mass is 278 g/mol. The Labute approximate surface area is 121 Å². The highest BCUT2D eigenvalue weighted by Crippen LogP contribution is 2.13. The minimum Gasteiger partial charge on any atom is -0.497 e. The van der Waals surface area contributed by atoms with Crippen molar-refractivity contribution < 1.29 is 9.53 Å². The van der Waals surface area contributed by atoms with Crippen molar-refractivity contribution in [2.24, 2.45) is 5.73 Å². The van der Waals surface area contributed by atoms with Crippen LogP contribution in [0.5, 0.6) is 5.75 Å². The standard InChI is InChI=1S/C16H26N2O2/c1-3-12-18(13-4-11-17)16(19)10-7-14-5-8-15(20-2)9-6-14/h5-6,8-9H,3-4,7,10-13,17H2,1-2H3. The molecule has 0 aromatic heterocycles. The lowest BCUT2D eigenvalue weighted by Gasteiger charge is -2.22. The Morgan fingerprint density at radius 1 is 1.25 bits per heavy atom. The van der Waals surface area contributed by atoms with Gasteiger partial charge in [-0.25, -0.2) is 0 Å². The van der Waals surface area contributed by atoms with Crippen LogP contribution in [-0.2, 0) is 11.2 Å². The first-order valence-corrected chi connectivity index (χ1v) is 7.32. The highest BCUT2D eigenvalue weighted by molar-refractivity contribution is 5.76. The lowest BCUT2D eigenvalue weighted by Crippen LogP contribution is -2.33. The molecule has 112 valence electrons. The van der Waals surface area contributed by atoms with Gasteiger partial charge in [-0.1, -0.05) is 19.1 Å². The average Bonchev–Trinajstić information content (AvgIpc) is 2.49. The SMILES string of the molecule is CCCN(CCCN)C(=O)CCc1ccc(OC)cc1. The third kappa shape index (κ3) is 5.61. The molecular formula is C16H26N2O2. The molecule has 0 saturated carbocycles. The summed E-state index contributed by atoms with van der Waals surface area (Å²) in [4.78, 5) is 14.1. The molecule has 0 unspecified atom stereocenters. The molecule has 0 heterocycles. The molecule has 0 aliphatic rings. The van der Waals surface area contributed by atoms with Gasteiger partial charge in [0.2, 0.25) is 5.91 Å². The van der Waals surface area contributed by atoms with Crippen LogP contribution < -0.4 is 10.5 Å². The molecule has 4 nitrogen and oxygen atoms in total. The Balaban J connectivity index is 2.46. The number of methoxy groups -OCH3 is 1. The van der Waals surface area contributed by atoms with Gasteiger partial charge in [0, 0.05) is 19.5 Å². The summed E-state index contributed by atoms with van der Waals surface area (Å²) >= 11 is 0. The van der Waals surface area contributed by atoms with E-state index in [0.717, 1.165) is 43.7 Å². The molecule has 4 heteroatoms. The van der Waals surface area contributed by atoms with E-state index < -0.39 is 0 Å². The summed E-state index contributed by atoms with van der Waals surface area (Å²) in [5.41, 5.74) is 6.68. The van der Waals surface area contributed by atoms with Gasteiger partial charge in [-0.3, -0.25) is 4.79 Å². The first kappa shape index (κ1) is 16.5. The fraction of sp³-hybridized carbons (Fsp3) is 0.562. The van der Waals surface area contributed by atoms with Crippen molar-refractivity contribution in [2.75, 3.05) is 26.7 Å². The van der Waals surface area contributed by atoms with Crippen molar-refractivity contribution >= 4 is 5.91 Å². The Hall–Kier alpha value is -1.55. The zero-order valence-corrected chi connectivity index (χ0v) is 12.6. The summed E-state index contributed by atoms with van der Waals surface area (Å²) in [7, 11) is 1.65. The molecular weight excluding hydrogens is 252 g/mol. The second-order valence-corrected chi connectivity index (χ2v) is 4.87. The second kappa shape index (κ2) is 9.37. The second-order valence-electron chi connectivity index (χ2n) is 4.87. The maximum atomic E-state index is 12.2. The summed E-state index contributed by atoms with van der Waals surface area (Å²) in [6, 6.07) is 7.88. The van der Waals surface area contributed by atoms with Crippen molar-refractivity contribution in [2.45, 2.75) is 32.6 Å². The lowest BCUT2D eigenvalue weighted by atomic mass is 10.1. The molecule has 1 aromatic carbocycles. The van der Waals surface area contributed by atoms with Crippen LogP contribution in [0, 0.1) is 0 Å². The summed E-state index contributed by atoms with van der Waals surface area (Å²) < 4.78 is 5.12. The maximum Gasteiger partial charge on any atom is 0.222 e. The molecule has 0 atom stereocenters. The number of benzene rings is 1. The molecule has 0 aliphatic heterocycles. The highest BCUT2D eigenvalue weighted by atomic mass is 16.5. The number of nitrogens with zero attached hydrogens (tertiary/aromatic N) is 1. The molecule has 2 N–H and O–H groups in total. The molecule has 0 saturated heterocycles. The number of ether oxygens (including phenoxy) is 1. The highest BCUT2D eigenvalue weighted by Gasteiger charge is 2.11. The third-order valence-electron chi connectivity index (χ3n) is 3.26. The van der Waals surface area contributed by atoms with E-state index in [1.165, 1.54) is 0 Å². The van der Waals surface area contributed by atoms with Gasteiger partial charge in [0.25, 0.3) is 0 Å². The molecule has 0 radical (unpaired) electrons. The predicted molar refractivity (Wildman–Crippen MR) is 81.9 cm³/mol. The first-order valence-electron chi connectivity index (χ1n) is 7.32. The van der Waals surface area contributed by atoms with E-state index in [0.29, 0.717) is 13.0 Å². The topological polar surface area (TPSA) is 55.6 Å². The number of rotatable bonds is 9. The molecule has 1 aromatic rings. The van der Waals surface area contributed by atoms with Crippen LogP contribution in [-0.4, -0.2) is 37.6 Å². The quantitative estimate of drug-likeness (QED) is 0.753. The van der Waals surface area contributed by atoms with Gasteiger partial charge in [0.05, 0.1) is 7.11 Å². The van der Waals surface area contributed by atoms with Gasteiger partial charge in [-0.05, 0) is 43.5 Å². The minimum absolute atomic E-state index is 0.219. The third-order valence-corrected chi connectivity index (χ3v) is 3.26. The maximum absolute atomic E-state index is 12.2. The lowest BCUT2D eigenvalue weighted by molar-refractivity contribution is -0.131. The molecule has 0 spiro atoms. The van der Waals surface area contributed by atoms with E-state index in [9.17, 15) is 4.79 Å². The van der Waals surface area contributed by atoms with Crippen molar-refractivity contribution in [3.05, 3.63) is 29.8 Å². The van der Waals surface area contributed by atoms with E-state index in [2.05, 4.69) is 6.92 Å². The summed E-state index contributed by atoms with van der Waals surface area (Å²) in [5, 5.41) is 0. The Bertz CT molecular complexity index is 390. The van der Waals surface area contributed by atoms with Crippen LogP contribution >= 0.6 is 0 Å². The van der Waals surface area contributed by atoms with Gasteiger partial charge in [0.15, 0.2) is 0 Å². The average molecular weight is 278 g/mol. The van der Waals surface area contributed by atoms with Crippen LogP contribution in [0.4, 0.5) is 0 Å². The smallest absolute Gasteiger partial charge is 0.222 e. The van der Waals surface area contributed by atoms with Crippen molar-refractivity contribution in [1.29, 1.82) is 0 Å². The molecule has 0 aliphatic carbocycles. The van der Waals surface area contributed by atoms with Crippen LogP contribution in [0.1, 0.15) is 31.7 Å². The number of carbonyl (C=O) groups excluding carboxylic acids is 1. The van der Waals surface area contributed by atoms with Gasteiger partial charge >= 0.3 is 0 Å². The van der Waals surface area contributed by atoms with Gasteiger partial charge in [0.1, 0.15) is 5.75 Å². The van der Waals surface area contributed by atoms with E-state index >= 15 is 0 Å². The van der Waals surface area contributed by atoms with E-state index in [1.54, 1.807) is 7.11 Å². The van der Waals surface area contributed by atoms with Crippen LogP contribution in [0.2, 0.25) is 0 Å². The molecule has 20 heavy (non-hydrogen) atoms. The first-order chi connectivity index (χ1) is 9.71. The van der Waals surface area contributed by atoms with Gasteiger partial charge in [-0.2, -0.15) is 0 Å². The number of nitrogens with two attached hydrogens (primary N) is 1. The number of hydrogen-bond acceptors (Lipinski definition) is 3. The molecule has 0 fully saturated rings. The number of carbonyl (C=O) groups is 1. The molecule has 1 amide bonds. The fourth-order valence-corrected chi connectivity index (χ4v) is 2.11. The van der Waals surface area contributed by atoms with E-state index in [4.69, 9.17) is 10.5 Å². The van der Waals surface area contributed by atoms with Crippen molar-refractivity contribution in [3.8, 4) is 5.75 Å². The summed E-state index contributed by atoms with van der Waals surface area (Å²) in [6.07, 6.45) is 3.18. The molecule has 0 bridgehead atoms. The summed E-state index contributed by atoms with van der Waals surface area (Å²) in [5.74, 6) is 1.06. The zero-order chi connectivity index (χ0) is 14.8. The number of hydrogen-bond donors (Lipinski definition) is 1. The Morgan fingerprint density at radius 3 is 2.50 bits per heavy atom. The fourth-order valence-electron chi connectivity index (χ4n) is 2.11. The summed E-state index contributed by atoms with van der Waals surface area (Å²) in [6.45, 7) is 4.31. The van der Waals surface area contributed by atoms with Gasteiger partial charge < -0.3 is 15.4 Å². The number of amides is 1. The number of aryl methyl sites for hydroxylation is 1. The zero-order valence-electron chi connectivity index (χ0n) is 12.6. The van der Waals surface area contributed by atoms with Crippen molar-refractivity contribution in [3.63, 3.8) is 0 Å². The molecule has 1 rings (SSSR count). The van der Waals surface area contributed by atoms with Crippen molar-refractivity contribution in [1.82, 2.24) is 4.90 Å². The van der Waals surface area contributed by atoms with E-state index in [1.807, 2.05) is 29.2 Å². The van der Waals surface area contributed by atoms with Crippen LogP contribution in [0.25, 0.3) is 0 Å². The Morgan fingerprint density at radius 2 is 1.95 bits per heavy atom.